The van der Waals surface area contributed by atoms with Crippen LogP contribution in [-0.2, 0) is 11.3 Å². The molecule has 0 saturated carbocycles. The van der Waals surface area contributed by atoms with Gasteiger partial charge in [-0.3, -0.25) is 4.79 Å². The molecule has 6 heteroatoms. The van der Waals surface area contributed by atoms with Gasteiger partial charge in [-0.05, 0) is 30.7 Å². The van der Waals surface area contributed by atoms with Crippen LogP contribution in [0.4, 0.5) is 4.79 Å². The number of Topliss-reactive ketones (excluding diaryl/α,β-unsaturated/α-hetero) is 1. The Hall–Kier alpha value is -2.53. The number of nitrogens with one attached hydrogen (secondary N) is 1. The molecule has 2 aromatic rings. The largest absolute Gasteiger partial charge is 0.495 e. The highest BCUT2D eigenvalue weighted by atomic mass is 35.5. The molecule has 2 rings (SSSR count). The first-order valence-electron chi connectivity index (χ1n) is 7.36. The van der Waals surface area contributed by atoms with Crippen molar-refractivity contribution in [3.05, 3.63) is 64.7 Å². The molecule has 0 spiro atoms. The van der Waals surface area contributed by atoms with Crippen molar-refractivity contribution in [1.82, 2.24) is 5.32 Å². The average molecular weight is 348 g/mol. The number of methoxy groups -OCH3 is 1. The monoisotopic (exact) mass is 347 g/mol. The fraction of sp³-hybridized carbons (Fsp3) is 0.222. The number of carbonyl (C=O) groups is 2. The van der Waals surface area contributed by atoms with Gasteiger partial charge in [0.15, 0.2) is 5.78 Å². The Bertz CT molecular complexity index is 718. The Morgan fingerprint density at radius 3 is 2.50 bits per heavy atom. The van der Waals surface area contributed by atoms with Gasteiger partial charge in [0.1, 0.15) is 12.4 Å². The van der Waals surface area contributed by atoms with Crippen LogP contribution in [0.3, 0.4) is 0 Å². The van der Waals surface area contributed by atoms with E-state index in [1.807, 2.05) is 30.3 Å². The summed E-state index contributed by atoms with van der Waals surface area (Å²) >= 11 is 6.01. The van der Waals surface area contributed by atoms with Gasteiger partial charge in [0.05, 0.1) is 18.2 Å². The zero-order valence-electron chi connectivity index (χ0n) is 13.4. The van der Waals surface area contributed by atoms with Crippen molar-refractivity contribution >= 4 is 23.5 Å². The van der Waals surface area contributed by atoms with E-state index < -0.39 is 12.1 Å². The van der Waals surface area contributed by atoms with Crippen molar-refractivity contribution in [3.63, 3.8) is 0 Å². The molecule has 0 heterocycles. The van der Waals surface area contributed by atoms with Crippen LogP contribution in [-0.4, -0.2) is 25.0 Å². The molecule has 5 nitrogen and oxygen atoms in total. The summed E-state index contributed by atoms with van der Waals surface area (Å²) in [7, 11) is 1.50. The summed E-state index contributed by atoms with van der Waals surface area (Å²) in [5.41, 5.74) is 1.25. The lowest BCUT2D eigenvalue weighted by atomic mass is 10.1. The van der Waals surface area contributed by atoms with Crippen LogP contribution in [0.2, 0.25) is 5.02 Å². The lowest BCUT2D eigenvalue weighted by molar-refractivity contribution is 0.0926. The summed E-state index contributed by atoms with van der Waals surface area (Å²) in [6.45, 7) is 1.73. The van der Waals surface area contributed by atoms with Crippen molar-refractivity contribution in [1.29, 1.82) is 0 Å². The van der Waals surface area contributed by atoms with Crippen molar-refractivity contribution in [2.24, 2.45) is 0 Å². The molecule has 0 fully saturated rings. The third-order valence-corrected chi connectivity index (χ3v) is 3.67. The number of benzene rings is 2. The molecule has 0 aliphatic carbocycles. The summed E-state index contributed by atoms with van der Waals surface area (Å²) in [4.78, 5) is 24.1. The molecule has 2 aromatic carbocycles. The van der Waals surface area contributed by atoms with E-state index in [1.54, 1.807) is 19.1 Å². The average Bonchev–Trinajstić information content (AvgIpc) is 2.60. The van der Waals surface area contributed by atoms with E-state index in [9.17, 15) is 9.59 Å². The van der Waals surface area contributed by atoms with Gasteiger partial charge in [-0.15, -0.1) is 0 Å². The highest BCUT2D eigenvalue weighted by molar-refractivity contribution is 6.32. The summed E-state index contributed by atoms with van der Waals surface area (Å²) in [5.74, 6) is 0.215. The quantitative estimate of drug-likeness (QED) is 0.806. The highest BCUT2D eigenvalue weighted by Crippen LogP contribution is 2.25. The first kappa shape index (κ1) is 17.8. The number of halogens is 1. The van der Waals surface area contributed by atoms with Gasteiger partial charge in [-0.1, -0.05) is 41.9 Å². The molecule has 1 N–H and O–H groups in total. The molecule has 0 aromatic heterocycles. The smallest absolute Gasteiger partial charge is 0.408 e. The van der Waals surface area contributed by atoms with E-state index >= 15 is 0 Å². The van der Waals surface area contributed by atoms with Gasteiger partial charge in [-0.25, -0.2) is 4.79 Å². The van der Waals surface area contributed by atoms with E-state index in [2.05, 4.69) is 5.32 Å². The van der Waals surface area contributed by atoms with Crippen molar-refractivity contribution < 1.29 is 19.1 Å². The summed E-state index contributed by atoms with van der Waals surface area (Å²) in [6.07, 6.45) is -0.653. The number of ether oxygens (including phenoxy) is 2. The van der Waals surface area contributed by atoms with Gasteiger partial charge in [0.25, 0.3) is 0 Å². The minimum absolute atomic E-state index is 0.141. The fourth-order valence-corrected chi connectivity index (χ4v) is 2.33. The first-order valence-corrected chi connectivity index (χ1v) is 7.74. The number of carbonyl (C=O) groups excluding carboxylic acids is 2. The molecule has 0 saturated heterocycles. The molecule has 126 valence electrons. The second-order valence-electron chi connectivity index (χ2n) is 5.14. The second-order valence-corrected chi connectivity index (χ2v) is 5.55. The van der Waals surface area contributed by atoms with Crippen LogP contribution in [0.15, 0.2) is 48.5 Å². The zero-order chi connectivity index (χ0) is 17.5. The standard InChI is InChI=1S/C18H18ClNO4/c1-12(17(21)14-8-9-16(23-2)15(19)10-14)20-18(22)24-11-13-6-4-3-5-7-13/h3-10,12H,11H2,1-2H3,(H,20,22)/t12-/m0/s1. The van der Waals surface area contributed by atoms with E-state index in [-0.39, 0.29) is 12.4 Å². The van der Waals surface area contributed by atoms with Crippen molar-refractivity contribution in [2.45, 2.75) is 19.6 Å². The lowest BCUT2D eigenvalue weighted by Crippen LogP contribution is -2.38. The Labute approximate surface area is 145 Å². The molecule has 0 radical (unpaired) electrons. The van der Waals surface area contributed by atoms with Crippen LogP contribution >= 0.6 is 11.6 Å². The van der Waals surface area contributed by atoms with E-state index in [4.69, 9.17) is 21.1 Å². The highest BCUT2D eigenvalue weighted by Gasteiger charge is 2.19. The molecular formula is C18H18ClNO4. The Kier molecular flexibility index (Phi) is 6.21. The summed E-state index contributed by atoms with van der Waals surface area (Å²) < 4.78 is 10.1. The van der Waals surface area contributed by atoms with Gasteiger partial charge in [0.2, 0.25) is 0 Å². The summed E-state index contributed by atoms with van der Waals surface area (Å²) in [6, 6.07) is 13.3. The van der Waals surface area contributed by atoms with Crippen molar-refractivity contribution in [2.75, 3.05) is 7.11 Å². The number of amides is 1. The predicted octanol–water partition coefficient (Wildman–Crippen LogP) is 3.85. The third kappa shape index (κ3) is 4.73. The third-order valence-electron chi connectivity index (χ3n) is 3.38. The minimum Gasteiger partial charge on any atom is -0.495 e. The number of alkyl carbamates (subject to hydrolysis) is 1. The second kappa shape index (κ2) is 8.36. The normalized spacial score (nSPS) is 11.5. The van der Waals surface area contributed by atoms with Crippen LogP contribution in [0.1, 0.15) is 22.8 Å². The van der Waals surface area contributed by atoms with E-state index in [1.165, 1.54) is 13.2 Å². The fourth-order valence-electron chi connectivity index (χ4n) is 2.08. The maximum absolute atomic E-state index is 12.3. The summed E-state index contributed by atoms with van der Waals surface area (Å²) in [5, 5.41) is 2.85. The molecule has 1 amide bonds. The molecule has 0 aliphatic rings. The number of hydrogen-bond donors (Lipinski definition) is 1. The van der Waals surface area contributed by atoms with E-state index in [0.29, 0.717) is 16.3 Å². The van der Waals surface area contributed by atoms with Gasteiger partial charge >= 0.3 is 6.09 Å². The molecule has 0 aliphatic heterocycles. The first-order chi connectivity index (χ1) is 11.5. The molecule has 1 atom stereocenters. The van der Waals surface area contributed by atoms with Gasteiger partial charge in [0, 0.05) is 5.56 Å². The Morgan fingerprint density at radius 2 is 1.88 bits per heavy atom. The van der Waals surface area contributed by atoms with Crippen LogP contribution in [0.5, 0.6) is 5.75 Å². The van der Waals surface area contributed by atoms with Gasteiger partial charge < -0.3 is 14.8 Å². The number of rotatable bonds is 6. The SMILES string of the molecule is COc1ccc(C(=O)[C@H](C)NC(=O)OCc2ccccc2)cc1Cl. The van der Waals surface area contributed by atoms with Crippen LogP contribution < -0.4 is 10.1 Å². The Balaban J connectivity index is 1.91. The zero-order valence-corrected chi connectivity index (χ0v) is 14.2. The molecule has 0 bridgehead atoms. The van der Waals surface area contributed by atoms with E-state index in [0.717, 1.165) is 5.56 Å². The lowest BCUT2D eigenvalue weighted by Gasteiger charge is -2.14. The van der Waals surface area contributed by atoms with Crippen LogP contribution in [0.25, 0.3) is 0 Å². The Morgan fingerprint density at radius 1 is 1.17 bits per heavy atom. The topological polar surface area (TPSA) is 64.6 Å². The number of ketones is 1. The van der Waals surface area contributed by atoms with Gasteiger partial charge in [-0.2, -0.15) is 0 Å². The maximum Gasteiger partial charge on any atom is 0.408 e. The molecule has 24 heavy (non-hydrogen) atoms. The maximum atomic E-state index is 12.3. The molecular weight excluding hydrogens is 330 g/mol. The van der Waals surface area contributed by atoms with Crippen molar-refractivity contribution in [3.8, 4) is 5.75 Å². The van der Waals surface area contributed by atoms with Crippen LogP contribution in [0, 0.1) is 0 Å². The predicted molar refractivity (Wildman–Crippen MR) is 91.6 cm³/mol. The molecule has 0 unspecified atom stereocenters. The number of hydrogen-bond acceptors (Lipinski definition) is 4. The minimum atomic E-state index is -0.738.